The molecule has 0 unspecified atom stereocenters. The topological polar surface area (TPSA) is 81.9 Å². The number of non-ortho nitro benzene ring substituents is 1. The molecule has 0 amide bonds. The van der Waals surface area contributed by atoms with Crippen LogP contribution in [0.15, 0.2) is 18.2 Å². The smallest absolute Gasteiger partial charge is 0.320 e. The van der Waals surface area contributed by atoms with E-state index >= 15 is 0 Å². The molecule has 1 aromatic carbocycles. The van der Waals surface area contributed by atoms with Gasteiger partial charge in [0.1, 0.15) is 5.75 Å². The molecule has 0 atom stereocenters. The van der Waals surface area contributed by atoms with Crippen molar-refractivity contribution in [3.8, 4) is 5.75 Å². The number of nitro benzene ring substituents is 1. The van der Waals surface area contributed by atoms with Gasteiger partial charge in [-0.3, -0.25) is 19.8 Å². The molecule has 0 aliphatic heterocycles. The summed E-state index contributed by atoms with van der Waals surface area (Å²) in [7, 11) is 1.46. The van der Waals surface area contributed by atoms with Gasteiger partial charge in [-0.15, -0.1) is 0 Å². The molecule has 0 aromatic heterocycles. The molecule has 0 heterocycles. The van der Waals surface area contributed by atoms with Crippen LogP contribution in [-0.2, 0) is 16.1 Å². The summed E-state index contributed by atoms with van der Waals surface area (Å²) in [6, 6.07) is 4.57. The monoisotopic (exact) mass is 296 g/mol. The Labute approximate surface area is 123 Å². The van der Waals surface area contributed by atoms with Gasteiger partial charge in [-0.2, -0.15) is 0 Å². The number of carbonyl (C=O) groups excluding carboxylic acids is 1. The van der Waals surface area contributed by atoms with E-state index in [1.165, 1.54) is 19.2 Å². The summed E-state index contributed by atoms with van der Waals surface area (Å²) in [5.74, 6) is 0.114. The molecule has 0 radical (unpaired) electrons. The Morgan fingerprint density at radius 3 is 2.57 bits per heavy atom. The van der Waals surface area contributed by atoms with Gasteiger partial charge in [-0.1, -0.05) is 6.92 Å². The molecule has 0 N–H and O–H groups in total. The number of methoxy groups -OCH3 is 1. The molecule has 7 heteroatoms. The van der Waals surface area contributed by atoms with Crippen LogP contribution < -0.4 is 4.74 Å². The molecule has 0 fully saturated rings. The van der Waals surface area contributed by atoms with Crippen LogP contribution in [0.5, 0.6) is 5.75 Å². The lowest BCUT2D eigenvalue weighted by atomic mass is 10.1. The first-order valence-electron chi connectivity index (χ1n) is 6.70. The van der Waals surface area contributed by atoms with Crippen LogP contribution >= 0.6 is 0 Å². The molecule has 7 nitrogen and oxygen atoms in total. The quantitative estimate of drug-likeness (QED) is 0.414. The van der Waals surface area contributed by atoms with E-state index < -0.39 is 4.92 Å². The predicted molar refractivity (Wildman–Crippen MR) is 77.2 cm³/mol. The molecule has 0 bridgehead atoms. The van der Waals surface area contributed by atoms with E-state index in [1.54, 1.807) is 13.0 Å². The van der Waals surface area contributed by atoms with E-state index in [0.717, 1.165) is 0 Å². The minimum absolute atomic E-state index is 0.0310. The highest BCUT2D eigenvalue weighted by molar-refractivity contribution is 5.71. The molecule has 116 valence electrons. The number of esters is 1. The molecular formula is C14H20N2O5. The van der Waals surface area contributed by atoms with E-state index in [2.05, 4.69) is 0 Å². The zero-order valence-electron chi connectivity index (χ0n) is 12.5. The van der Waals surface area contributed by atoms with E-state index in [-0.39, 0.29) is 18.2 Å². The van der Waals surface area contributed by atoms with Gasteiger partial charge in [0.15, 0.2) is 0 Å². The van der Waals surface area contributed by atoms with Crippen LogP contribution in [-0.4, -0.2) is 42.6 Å². The van der Waals surface area contributed by atoms with Crippen molar-refractivity contribution in [3.05, 3.63) is 33.9 Å². The van der Waals surface area contributed by atoms with Gasteiger partial charge < -0.3 is 9.47 Å². The van der Waals surface area contributed by atoms with E-state index in [1.807, 2.05) is 11.8 Å². The van der Waals surface area contributed by atoms with Crippen molar-refractivity contribution in [2.75, 3.05) is 26.8 Å². The Morgan fingerprint density at radius 1 is 1.33 bits per heavy atom. The number of rotatable bonds is 8. The number of nitrogens with zero attached hydrogens (tertiary/aromatic N) is 2. The Kier molecular flexibility index (Phi) is 6.61. The van der Waals surface area contributed by atoms with Crippen molar-refractivity contribution in [1.29, 1.82) is 0 Å². The minimum Gasteiger partial charge on any atom is -0.496 e. The highest BCUT2D eigenvalue weighted by atomic mass is 16.6. The normalized spacial score (nSPS) is 10.5. The Morgan fingerprint density at radius 2 is 2.05 bits per heavy atom. The van der Waals surface area contributed by atoms with Gasteiger partial charge in [0.2, 0.25) is 0 Å². The second-order valence-corrected chi connectivity index (χ2v) is 4.40. The molecular weight excluding hydrogens is 276 g/mol. The second-order valence-electron chi connectivity index (χ2n) is 4.40. The van der Waals surface area contributed by atoms with Gasteiger partial charge in [-0.25, -0.2) is 0 Å². The molecule has 21 heavy (non-hydrogen) atoms. The highest BCUT2D eigenvalue weighted by Crippen LogP contribution is 2.23. The number of ether oxygens (including phenoxy) is 2. The largest absolute Gasteiger partial charge is 0.496 e. The summed E-state index contributed by atoms with van der Waals surface area (Å²) in [6.07, 6.45) is 0. The lowest BCUT2D eigenvalue weighted by Gasteiger charge is -2.19. The van der Waals surface area contributed by atoms with Crippen LogP contribution in [0.2, 0.25) is 0 Å². The van der Waals surface area contributed by atoms with Gasteiger partial charge in [0.25, 0.3) is 5.69 Å². The zero-order valence-corrected chi connectivity index (χ0v) is 12.5. The van der Waals surface area contributed by atoms with Gasteiger partial charge in [0, 0.05) is 12.6 Å². The third kappa shape index (κ3) is 5.39. The lowest BCUT2D eigenvalue weighted by Crippen LogP contribution is -2.30. The number of hydrogen-bond acceptors (Lipinski definition) is 6. The maximum Gasteiger partial charge on any atom is 0.320 e. The average Bonchev–Trinajstić information content (AvgIpc) is 2.46. The van der Waals surface area contributed by atoms with Crippen molar-refractivity contribution in [2.45, 2.75) is 20.4 Å². The van der Waals surface area contributed by atoms with Crippen LogP contribution in [0, 0.1) is 10.1 Å². The molecule has 0 saturated heterocycles. The summed E-state index contributed by atoms with van der Waals surface area (Å²) in [5.41, 5.74) is 0.684. The first kappa shape index (κ1) is 16.9. The fourth-order valence-electron chi connectivity index (χ4n) is 1.88. The molecule has 0 aliphatic carbocycles. The number of hydrogen-bond donors (Lipinski definition) is 0. The number of carbonyl (C=O) groups is 1. The van der Waals surface area contributed by atoms with E-state index in [9.17, 15) is 14.9 Å². The van der Waals surface area contributed by atoms with Crippen LogP contribution in [0.4, 0.5) is 5.69 Å². The van der Waals surface area contributed by atoms with Crippen molar-refractivity contribution < 1.29 is 19.2 Å². The molecule has 0 aliphatic rings. The van der Waals surface area contributed by atoms with Gasteiger partial charge in [-0.05, 0) is 25.1 Å². The molecule has 0 saturated carbocycles. The van der Waals surface area contributed by atoms with E-state index in [4.69, 9.17) is 9.47 Å². The van der Waals surface area contributed by atoms with Crippen LogP contribution in [0.3, 0.4) is 0 Å². The molecule has 1 aromatic rings. The Bertz CT molecular complexity index is 504. The van der Waals surface area contributed by atoms with Crippen molar-refractivity contribution in [3.63, 3.8) is 0 Å². The van der Waals surface area contributed by atoms with Crippen molar-refractivity contribution in [1.82, 2.24) is 4.90 Å². The summed E-state index contributed by atoms with van der Waals surface area (Å²) < 4.78 is 9.97. The maximum absolute atomic E-state index is 11.5. The zero-order chi connectivity index (χ0) is 15.8. The van der Waals surface area contributed by atoms with E-state index in [0.29, 0.717) is 31.0 Å². The van der Waals surface area contributed by atoms with Crippen LogP contribution in [0.25, 0.3) is 0 Å². The second kappa shape index (κ2) is 8.21. The summed E-state index contributed by atoms with van der Waals surface area (Å²) >= 11 is 0. The van der Waals surface area contributed by atoms with Crippen molar-refractivity contribution in [2.24, 2.45) is 0 Å². The van der Waals surface area contributed by atoms with Gasteiger partial charge >= 0.3 is 5.97 Å². The maximum atomic E-state index is 11.5. The SMILES string of the molecule is CCOC(=O)CN(CC)Cc1cc(OC)cc([N+](=O)[O-])c1. The summed E-state index contributed by atoms with van der Waals surface area (Å²) in [4.78, 5) is 23.8. The highest BCUT2D eigenvalue weighted by Gasteiger charge is 2.14. The Balaban J connectivity index is 2.86. The minimum atomic E-state index is -0.465. The first-order valence-corrected chi connectivity index (χ1v) is 6.70. The Hall–Kier alpha value is -2.15. The average molecular weight is 296 g/mol. The third-order valence-corrected chi connectivity index (χ3v) is 2.91. The standard InChI is InChI=1S/C14H20N2O5/c1-4-15(10-14(17)21-5-2)9-11-6-12(16(18)19)8-13(7-11)20-3/h6-8H,4-5,9-10H2,1-3H3. The lowest BCUT2D eigenvalue weighted by molar-refractivity contribution is -0.385. The van der Waals surface area contributed by atoms with Crippen LogP contribution in [0.1, 0.15) is 19.4 Å². The molecule has 0 spiro atoms. The number of likely N-dealkylation sites (N-methyl/N-ethyl adjacent to an activating group) is 1. The summed E-state index contributed by atoms with van der Waals surface area (Å²) in [6.45, 7) is 5.18. The molecule has 1 rings (SSSR count). The summed E-state index contributed by atoms with van der Waals surface area (Å²) in [5, 5.41) is 10.9. The first-order chi connectivity index (χ1) is 9.99. The number of nitro groups is 1. The third-order valence-electron chi connectivity index (χ3n) is 2.91. The predicted octanol–water partition coefficient (Wildman–Crippen LogP) is 1.99. The number of benzene rings is 1. The van der Waals surface area contributed by atoms with Gasteiger partial charge in [0.05, 0.1) is 31.3 Å². The van der Waals surface area contributed by atoms with Crippen molar-refractivity contribution >= 4 is 11.7 Å². The fraction of sp³-hybridized carbons (Fsp3) is 0.500. The fourth-order valence-corrected chi connectivity index (χ4v) is 1.88.